The third kappa shape index (κ3) is 1.74. The number of hydrogen-bond acceptors (Lipinski definition) is 1. The second kappa shape index (κ2) is 4.22. The first-order valence-corrected chi connectivity index (χ1v) is 6.10. The zero-order valence-corrected chi connectivity index (χ0v) is 9.55. The quantitative estimate of drug-likeness (QED) is 0.653. The Kier molecular flexibility index (Phi) is 2.97. The summed E-state index contributed by atoms with van der Waals surface area (Å²) in [6.45, 7) is 4.44. The summed E-state index contributed by atoms with van der Waals surface area (Å²) in [7, 11) is 0. The molecule has 1 aliphatic heterocycles. The van der Waals surface area contributed by atoms with Gasteiger partial charge in [-0.15, -0.1) is 11.8 Å². The Hall–Kier alpha value is -0.690. The predicted molar refractivity (Wildman–Crippen MR) is 65.3 cm³/mol. The van der Waals surface area contributed by atoms with Gasteiger partial charge in [0.1, 0.15) is 0 Å². The van der Waals surface area contributed by atoms with Crippen molar-refractivity contribution in [1.29, 1.82) is 0 Å². The summed E-state index contributed by atoms with van der Waals surface area (Å²) >= 11 is 2.00. The van der Waals surface area contributed by atoms with Crippen LogP contribution in [-0.2, 0) is 0 Å². The van der Waals surface area contributed by atoms with E-state index in [9.17, 15) is 0 Å². The second-order valence-corrected chi connectivity index (χ2v) is 4.96. The highest BCUT2D eigenvalue weighted by Crippen LogP contribution is 2.45. The van der Waals surface area contributed by atoms with Gasteiger partial charge in [-0.05, 0) is 13.3 Å². The molecular formula is C13H16S. The number of thioether (sulfide) groups is 1. The molecule has 74 valence electrons. The van der Waals surface area contributed by atoms with Crippen LogP contribution in [0.3, 0.4) is 0 Å². The lowest BCUT2D eigenvalue weighted by molar-refractivity contribution is 0.799. The molecule has 0 aromatic carbocycles. The SMILES string of the molecule is CCC=CC1=C(C)C2C=CC=CC2S1. The fourth-order valence-corrected chi connectivity index (χ4v) is 3.29. The van der Waals surface area contributed by atoms with Crippen molar-refractivity contribution in [3.05, 3.63) is 46.9 Å². The fraction of sp³-hybridized carbons (Fsp3) is 0.385. The molecule has 0 radical (unpaired) electrons. The van der Waals surface area contributed by atoms with Crippen molar-refractivity contribution >= 4 is 11.8 Å². The fourth-order valence-electron chi connectivity index (χ4n) is 1.89. The van der Waals surface area contributed by atoms with Gasteiger partial charge in [-0.25, -0.2) is 0 Å². The summed E-state index contributed by atoms with van der Waals surface area (Å²) in [6, 6.07) is 0. The van der Waals surface area contributed by atoms with Gasteiger partial charge >= 0.3 is 0 Å². The van der Waals surface area contributed by atoms with Crippen LogP contribution in [0.5, 0.6) is 0 Å². The van der Waals surface area contributed by atoms with E-state index in [-0.39, 0.29) is 0 Å². The van der Waals surface area contributed by atoms with Crippen LogP contribution >= 0.6 is 11.8 Å². The highest BCUT2D eigenvalue weighted by atomic mass is 32.2. The molecule has 0 aromatic heterocycles. The molecule has 0 amide bonds. The van der Waals surface area contributed by atoms with Crippen molar-refractivity contribution in [2.45, 2.75) is 25.5 Å². The van der Waals surface area contributed by atoms with Crippen molar-refractivity contribution in [2.24, 2.45) is 5.92 Å². The average Bonchev–Trinajstić information content (AvgIpc) is 2.54. The van der Waals surface area contributed by atoms with Crippen LogP contribution in [0.2, 0.25) is 0 Å². The number of hydrogen-bond donors (Lipinski definition) is 0. The Balaban J connectivity index is 2.19. The van der Waals surface area contributed by atoms with E-state index in [2.05, 4.69) is 50.3 Å². The third-order valence-corrected chi connectivity index (χ3v) is 4.18. The van der Waals surface area contributed by atoms with Gasteiger partial charge in [0.15, 0.2) is 0 Å². The monoisotopic (exact) mass is 204 g/mol. The highest BCUT2D eigenvalue weighted by Gasteiger charge is 2.29. The maximum atomic E-state index is 2.32. The summed E-state index contributed by atoms with van der Waals surface area (Å²) in [5.74, 6) is 0.640. The molecule has 14 heavy (non-hydrogen) atoms. The van der Waals surface area contributed by atoms with Gasteiger partial charge in [0.25, 0.3) is 0 Å². The van der Waals surface area contributed by atoms with E-state index in [0.717, 1.165) is 6.42 Å². The summed E-state index contributed by atoms with van der Waals surface area (Å²) in [5.41, 5.74) is 1.53. The van der Waals surface area contributed by atoms with Crippen LogP contribution in [0.1, 0.15) is 20.3 Å². The summed E-state index contributed by atoms with van der Waals surface area (Å²) in [6.07, 6.45) is 14.6. The maximum Gasteiger partial charge on any atom is 0.0378 e. The van der Waals surface area contributed by atoms with Gasteiger partial charge in [-0.1, -0.05) is 49.0 Å². The largest absolute Gasteiger partial charge is 0.118 e. The molecule has 0 saturated heterocycles. The Morgan fingerprint density at radius 2 is 2.14 bits per heavy atom. The Morgan fingerprint density at radius 3 is 2.86 bits per heavy atom. The molecule has 2 rings (SSSR count). The zero-order valence-electron chi connectivity index (χ0n) is 8.73. The Morgan fingerprint density at radius 1 is 1.36 bits per heavy atom. The van der Waals surface area contributed by atoms with E-state index in [1.807, 2.05) is 11.8 Å². The molecule has 0 N–H and O–H groups in total. The molecule has 0 fully saturated rings. The van der Waals surface area contributed by atoms with E-state index in [1.54, 1.807) is 0 Å². The van der Waals surface area contributed by atoms with E-state index >= 15 is 0 Å². The van der Waals surface area contributed by atoms with Crippen molar-refractivity contribution < 1.29 is 0 Å². The first-order chi connectivity index (χ1) is 6.83. The second-order valence-electron chi connectivity index (χ2n) is 3.74. The van der Waals surface area contributed by atoms with Crippen molar-refractivity contribution in [3.63, 3.8) is 0 Å². The standard InChI is InChI=1S/C13H16S/c1-3-4-8-12-10(2)11-7-5-6-9-13(11)14-12/h4-9,11,13H,3H2,1-2H3. The van der Waals surface area contributed by atoms with E-state index < -0.39 is 0 Å². The number of allylic oxidation sites excluding steroid dienone is 6. The van der Waals surface area contributed by atoms with Crippen LogP contribution in [0.4, 0.5) is 0 Å². The van der Waals surface area contributed by atoms with E-state index in [4.69, 9.17) is 0 Å². The number of rotatable bonds is 2. The molecule has 0 spiro atoms. The minimum Gasteiger partial charge on any atom is -0.118 e. The van der Waals surface area contributed by atoms with Gasteiger partial charge in [-0.2, -0.15) is 0 Å². The normalized spacial score (nSPS) is 30.4. The Labute approximate surface area is 90.5 Å². The molecule has 0 saturated carbocycles. The van der Waals surface area contributed by atoms with Gasteiger partial charge in [-0.3, -0.25) is 0 Å². The highest BCUT2D eigenvalue weighted by molar-refractivity contribution is 8.04. The molecule has 0 aromatic rings. The topological polar surface area (TPSA) is 0 Å². The molecule has 0 bridgehead atoms. The van der Waals surface area contributed by atoms with Crippen LogP contribution in [0, 0.1) is 5.92 Å². The van der Waals surface area contributed by atoms with Gasteiger partial charge < -0.3 is 0 Å². The van der Waals surface area contributed by atoms with Crippen LogP contribution in [0.15, 0.2) is 46.9 Å². The van der Waals surface area contributed by atoms with E-state index in [1.165, 1.54) is 10.5 Å². The molecular weight excluding hydrogens is 188 g/mol. The molecule has 2 aliphatic rings. The minimum absolute atomic E-state index is 0.640. The van der Waals surface area contributed by atoms with Crippen molar-refractivity contribution in [2.75, 3.05) is 0 Å². The first kappa shape index (κ1) is 9.85. The summed E-state index contributed by atoms with van der Waals surface area (Å²) in [5, 5.41) is 0.650. The van der Waals surface area contributed by atoms with Crippen molar-refractivity contribution in [1.82, 2.24) is 0 Å². The summed E-state index contributed by atoms with van der Waals surface area (Å²) < 4.78 is 0. The van der Waals surface area contributed by atoms with Crippen LogP contribution in [-0.4, -0.2) is 5.25 Å². The lowest BCUT2D eigenvalue weighted by Crippen LogP contribution is -2.10. The molecule has 2 unspecified atom stereocenters. The van der Waals surface area contributed by atoms with E-state index in [0.29, 0.717) is 11.2 Å². The predicted octanol–water partition coefficient (Wildman–Crippen LogP) is 4.08. The van der Waals surface area contributed by atoms with Crippen LogP contribution in [0.25, 0.3) is 0 Å². The van der Waals surface area contributed by atoms with Crippen molar-refractivity contribution in [3.8, 4) is 0 Å². The lowest BCUT2D eigenvalue weighted by atomic mass is 9.93. The first-order valence-electron chi connectivity index (χ1n) is 5.22. The maximum absolute atomic E-state index is 2.32. The zero-order chi connectivity index (χ0) is 9.97. The van der Waals surface area contributed by atoms with Gasteiger partial charge in [0.2, 0.25) is 0 Å². The Bertz CT molecular complexity index is 331. The smallest absolute Gasteiger partial charge is 0.0378 e. The molecule has 0 nitrogen and oxygen atoms in total. The third-order valence-electron chi connectivity index (χ3n) is 2.74. The van der Waals surface area contributed by atoms with Gasteiger partial charge in [0, 0.05) is 16.1 Å². The summed E-state index contributed by atoms with van der Waals surface area (Å²) in [4.78, 5) is 1.47. The average molecular weight is 204 g/mol. The number of fused-ring (bicyclic) bond motifs is 1. The van der Waals surface area contributed by atoms with Gasteiger partial charge in [0.05, 0.1) is 0 Å². The lowest BCUT2D eigenvalue weighted by Gasteiger charge is -2.15. The molecule has 1 heteroatoms. The molecule has 1 heterocycles. The van der Waals surface area contributed by atoms with Crippen LogP contribution < -0.4 is 0 Å². The molecule has 2 atom stereocenters. The minimum atomic E-state index is 0.640. The molecule has 1 aliphatic carbocycles.